The van der Waals surface area contributed by atoms with E-state index in [1.54, 1.807) is 31.5 Å². The summed E-state index contributed by atoms with van der Waals surface area (Å²) >= 11 is 0. The molecule has 5 aromatic rings. The highest BCUT2D eigenvalue weighted by Crippen LogP contribution is 2.22. The third-order valence-electron chi connectivity index (χ3n) is 7.06. The van der Waals surface area contributed by atoms with E-state index in [2.05, 4.69) is 37.5 Å². The Bertz CT molecular complexity index is 1860. The van der Waals surface area contributed by atoms with Gasteiger partial charge in [0.25, 0.3) is 11.5 Å². The highest BCUT2D eigenvalue weighted by Gasteiger charge is 2.24. The number of anilines is 1. The highest BCUT2D eigenvalue weighted by molar-refractivity contribution is 6.04. The number of nitrogen functional groups attached to an aromatic ring is 1. The van der Waals surface area contributed by atoms with Gasteiger partial charge in [-0.15, -0.1) is 5.10 Å². The van der Waals surface area contributed by atoms with E-state index >= 15 is 0 Å². The minimum atomic E-state index is -0.666. The molecule has 206 valence electrons. The summed E-state index contributed by atoms with van der Waals surface area (Å²) < 4.78 is 2.99. The molecule has 1 amide bonds. The van der Waals surface area contributed by atoms with Crippen LogP contribution in [0, 0.1) is 11.8 Å². The molecule has 4 N–H and O–H groups in total. The van der Waals surface area contributed by atoms with Gasteiger partial charge in [0.2, 0.25) is 0 Å². The minimum absolute atomic E-state index is 0.0596. The molecule has 0 radical (unpaired) electrons. The van der Waals surface area contributed by atoms with Gasteiger partial charge in [0.15, 0.2) is 11.5 Å². The molecule has 3 aromatic heterocycles. The van der Waals surface area contributed by atoms with Crippen LogP contribution in [-0.2, 0) is 0 Å². The summed E-state index contributed by atoms with van der Waals surface area (Å²) in [6, 6.07) is 15.8. The van der Waals surface area contributed by atoms with Gasteiger partial charge in [-0.2, -0.15) is 0 Å². The second-order valence-electron chi connectivity index (χ2n) is 9.82. The maximum atomic E-state index is 14.2. The van der Waals surface area contributed by atoms with Crippen molar-refractivity contribution in [2.24, 2.45) is 0 Å². The number of amides is 1. The average molecular weight is 548 g/mol. The fourth-order valence-corrected chi connectivity index (χ4v) is 5.04. The van der Waals surface area contributed by atoms with Crippen LogP contribution >= 0.6 is 0 Å². The highest BCUT2D eigenvalue weighted by atomic mass is 16.2. The number of nitrogens with one attached hydrogen (secondary N) is 2. The number of piperazine rings is 1. The van der Waals surface area contributed by atoms with Crippen LogP contribution in [0.3, 0.4) is 0 Å². The molecule has 4 heterocycles. The van der Waals surface area contributed by atoms with Gasteiger partial charge >= 0.3 is 0 Å². The van der Waals surface area contributed by atoms with Gasteiger partial charge in [0, 0.05) is 44.1 Å². The molecule has 2 aromatic carbocycles. The molecule has 1 aliphatic heterocycles. The molecule has 11 nitrogen and oxygen atoms in total. The number of hydrogen-bond donors (Lipinski definition) is 3. The lowest BCUT2D eigenvalue weighted by molar-refractivity contribution is 0.0940. The first-order valence-corrected chi connectivity index (χ1v) is 13.4. The number of aromatic nitrogens is 5. The molecule has 1 atom stereocenters. The summed E-state index contributed by atoms with van der Waals surface area (Å²) in [5.41, 5.74) is 8.06. The van der Waals surface area contributed by atoms with Gasteiger partial charge in [-0.05, 0) is 37.3 Å². The van der Waals surface area contributed by atoms with Crippen LogP contribution in [0.2, 0.25) is 0 Å². The Morgan fingerprint density at radius 2 is 1.93 bits per heavy atom. The lowest BCUT2D eigenvalue weighted by atomic mass is 10.1. The van der Waals surface area contributed by atoms with Crippen LogP contribution in [0.5, 0.6) is 0 Å². The molecule has 1 fully saturated rings. The second-order valence-corrected chi connectivity index (χ2v) is 9.82. The van der Waals surface area contributed by atoms with E-state index in [-0.39, 0.29) is 16.9 Å². The summed E-state index contributed by atoms with van der Waals surface area (Å²) in [6.45, 7) is 6.17. The lowest BCUT2D eigenvalue weighted by Crippen LogP contribution is -2.43. The van der Waals surface area contributed by atoms with Crippen LogP contribution < -0.4 is 21.9 Å². The molecule has 1 saturated heterocycles. The van der Waals surface area contributed by atoms with Crippen LogP contribution in [0.25, 0.3) is 22.2 Å². The third-order valence-corrected chi connectivity index (χ3v) is 7.06. The standard InChI is InChI=1S/C30H29N9O2/c1-20(34-29(40)25-26(31)36-38-17-7-13-33-28(25)38)27-35-23-12-5-8-21(9-6-16-37-18-14-32-15-19-37)24(23)30(41)39(27)22-10-3-2-4-11-22/h2-5,7-8,10-13,17,20,32H,14-16,18-19H2,1H3,(H2,31,36)(H,34,40). The maximum absolute atomic E-state index is 14.2. The number of fused-ring (bicyclic) bond motifs is 2. The van der Waals surface area contributed by atoms with Crippen molar-refractivity contribution >= 4 is 28.3 Å². The Labute approximate surface area is 236 Å². The Balaban J connectivity index is 1.41. The van der Waals surface area contributed by atoms with Crippen molar-refractivity contribution in [1.82, 2.24) is 39.7 Å². The van der Waals surface area contributed by atoms with Crippen molar-refractivity contribution in [3.8, 4) is 17.5 Å². The average Bonchev–Trinajstić information content (AvgIpc) is 3.33. The second kappa shape index (κ2) is 11.2. The van der Waals surface area contributed by atoms with Gasteiger partial charge in [0.05, 0.1) is 29.2 Å². The molecule has 0 bridgehead atoms. The lowest BCUT2D eigenvalue weighted by Gasteiger charge is -2.24. The number of carbonyl (C=O) groups is 1. The van der Waals surface area contributed by atoms with Gasteiger partial charge < -0.3 is 16.4 Å². The zero-order valence-corrected chi connectivity index (χ0v) is 22.5. The number of nitrogens with two attached hydrogens (primary N) is 1. The van der Waals surface area contributed by atoms with Gasteiger partial charge in [-0.1, -0.05) is 36.1 Å². The Morgan fingerprint density at radius 3 is 2.73 bits per heavy atom. The zero-order valence-electron chi connectivity index (χ0n) is 22.5. The van der Waals surface area contributed by atoms with Crippen molar-refractivity contribution in [1.29, 1.82) is 0 Å². The van der Waals surface area contributed by atoms with E-state index in [0.29, 0.717) is 40.2 Å². The van der Waals surface area contributed by atoms with Crippen LogP contribution in [0.1, 0.15) is 34.7 Å². The van der Waals surface area contributed by atoms with E-state index < -0.39 is 11.9 Å². The summed E-state index contributed by atoms with van der Waals surface area (Å²) in [7, 11) is 0. The van der Waals surface area contributed by atoms with E-state index in [1.807, 2.05) is 42.5 Å². The molecule has 6 rings (SSSR count). The number of para-hydroxylation sites is 1. The Morgan fingerprint density at radius 1 is 1.12 bits per heavy atom. The predicted molar refractivity (Wildman–Crippen MR) is 157 cm³/mol. The van der Waals surface area contributed by atoms with E-state index in [4.69, 9.17) is 10.7 Å². The first-order chi connectivity index (χ1) is 20.0. The SMILES string of the molecule is CC(NC(=O)c1c(N)nn2cccnc12)c1nc2cccc(C#CCN3CCNCC3)c2c(=O)n1-c1ccccc1. The number of hydrogen-bond acceptors (Lipinski definition) is 8. The van der Waals surface area contributed by atoms with Crippen molar-refractivity contribution in [3.05, 3.63) is 94.3 Å². The molecule has 1 aliphatic rings. The minimum Gasteiger partial charge on any atom is -0.381 e. The smallest absolute Gasteiger partial charge is 0.267 e. The molecular weight excluding hydrogens is 518 g/mol. The number of nitrogens with zero attached hydrogens (tertiary/aromatic N) is 6. The third kappa shape index (κ3) is 5.14. The normalized spacial score (nSPS) is 14.5. The van der Waals surface area contributed by atoms with Crippen molar-refractivity contribution in [3.63, 3.8) is 0 Å². The molecular formula is C30H29N9O2. The first kappa shape index (κ1) is 26.2. The zero-order chi connectivity index (χ0) is 28.3. The topological polar surface area (TPSA) is 135 Å². The maximum Gasteiger partial charge on any atom is 0.267 e. The monoisotopic (exact) mass is 547 g/mol. The molecule has 0 aliphatic carbocycles. The van der Waals surface area contributed by atoms with Crippen LogP contribution in [0.4, 0.5) is 5.82 Å². The van der Waals surface area contributed by atoms with E-state index in [0.717, 1.165) is 26.2 Å². The van der Waals surface area contributed by atoms with Gasteiger partial charge in [0.1, 0.15) is 11.4 Å². The fraction of sp³-hybridized carbons (Fsp3) is 0.233. The summed E-state index contributed by atoms with van der Waals surface area (Å²) in [5.74, 6) is 6.41. The molecule has 0 saturated carbocycles. The Kier molecular flexibility index (Phi) is 7.16. The number of benzene rings is 2. The molecule has 41 heavy (non-hydrogen) atoms. The van der Waals surface area contributed by atoms with E-state index in [9.17, 15) is 9.59 Å². The quantitative estimate of drug-likeness (QED) is 0.283. The summed E-state index contributed by atoms with van der Waals surface area (Å²) in [4.78, 5) is 39.0. The number of rotatable bonds is 5. The fourth-order valence-electron chi connectivity index (χ4n) is 5.04. The van der Waals surface area contributed by atoms with Crippen molar-refractivity contribution < 1.29 is 4.79 Å². The molecule has 11 heteroatoms. The molecule has 0 spiro atoms. The van der Waals surface area contributed by atoms with Crippen molar-refractivity contribution in [2.75, 3.05) is 38.5 Å². The largest absolute Gasteiger partial charge is 0.381 e. The van der Waals surface area contributed by atoms with E-state index in [1.165, 1.54) is 9.08 Å². The summed E-state index contributed by atoms with van der Waals surface area (Å²) in [5, 5.41) is 10.9. The Hall–Kier alpha value is -5.05. The van der Waals surface area contributed by atoms with Crippen LogP contribution in [-0.4, -0.2) is 67.7 Å². The predicted octanol–water partition coefficient (Wildman–Crippen LogP) is 1.76. The van der Waals surface area contributed by atoms with Crippen molar-refractivity contribution in [2.45, 2.75) is 13.0 Å². The van der Waals surface area contributed by atoms with Gasteiger partial charge in [-0.25, -0.2) is 14.5 Å². The first-order valence-electron chi connectivity index (χ1n) is 13.4. The molecule has 1 unspecified atom stereocenters. The number of carbonyl (C=O) groups excluding carboxylic acids is 1. The van der Waals surface area contributed by atoms with Gasteiger partial charge in [-0.3, -0.25) is 19.1 Å². The summed E-state index contributed by atoms with van der Waals surface area (Å²) in [6.07, 6.45) is 3.24. The van der Waals surface area contributed by atoms with Crippen LogP contribution in [0.15, 0.2) is 71.8 Å².